The van der Waals surface area contributed by atoms with Gasteiger partial charge in [-0.1, -0.05) is 51.6 Å². The van der Waals surface area contributed by atoms with Gasteiger partial charge in [0.2, 0.25) is 0 Å². The second kappa shape index (κ2) is 18.7. The standard InChI is InChI=1S/C15H21NO4.C7H15NO2.CH4O.CH4/c1-12-10-19-8-7-16(9-14(12)17)15(18)20-11-13-5-3-2-4-6-13;1-6-5-10-3-2-8-4-7(6)9;1-2;/h2-6,12,14,17H,7-11H2,1H3;6-9H,2-5H2,1H3;2H,1H3;1H4/t12-,14-;6-,7-;;/m00../s1. The Kier molecular flexibility index (Phi) is 17.7. The van der Waals surface area contributed by atoms with Crippen molar-refractivity contribution in [1.82, 2.24) is 10.2 Å². The third-order valence-electron chi connectivity index (χ3n) is 5.23. The number of rotatable bonds is 2. The molecule has 1 aromatic rings. The lowest BCUT2D eigenvalue weighted by molar-refractivity contribution is -0.0180. The molecule has 0 spiro atoms. The quantitative estimate of drug-likeness (QED) is 0.511. The van der Waals surface area contributed by atoms with E-state index in [1.165, 1.54) is 4.90 Å². The van der Waals surface area contributed by atoms with Crippen LogP contribution in [0.25, 0.3) is 0 Å². The molecule has 3 rings (SSSR count). The van der Waals surface area contributed by atoms with Crippen LogP contribution in [0.3, 0.4) is 0 Å². The zero-order valence-electron chi connectivity index (χ0n) is 19.5. The SMILES string of the molecule is C.CO.C[C@H]1COCCN(C(=O)OCc2ccccc2)C[C@@H]1O.C[C@H]1COCCNC[C@@H]1O. The molecule has 4 N–H and O–H groups in total. The molecule has 0 aliphatic carbocycles. The van der Waals surface area contributed by atoms with Crippen molar-refractivity contribution in [2.75, 3.05) is 59.7 Å². The predicted octanol–water partition coefficient (Wildman–Crippen LogP) is 1.50. The van der Waals surface area contributed by atoms with E-state index in [9.17, 15) is 15.0 Å². The highest BCUT2D eigenvalue weighted by Gasteiger charge is 2.25. The Morgan fingerprint density at radius 1 is 1.06 bits per heavy atom. The summed E-state index contributed by atoms with van der Waals surface area (Å²) in [7, 11) is 1.00. The van der Waals surface area contributed by atoms with Crippen molar-refractivity contribution in [3.05, 3.63) is 35.9 Å². The number of carbonyl (C=O) groups excluding carboxylic acids is 1. The van der Waals surface area contributed by atoms with Crippen molar-refractivity contribution in [2.24, 2.45) is 11.8 Å². The Labute approximate surface area is 198 Å². The first-order chi connectivity index (χ1) is 15.5. The summed E-state index contributed by atoms with van der Waals surface area (Å²) in [6, 6.07) is 9.53. The van der Waals surface area contributed by atoms with Crippen LogP contribution in [-0.4, -0.2) is 98.2 Å². The number of hydrogen-bond acceptors (Lipinski definition) is 8. The number of hydrogen-bond donors (Lipinski definition) is 4. The molecule has 2 aliphatic heterocycles. The number of aliphatic hydroxyl groups excluding tert-OH is 3. The third-order valence-corrected chi connectivity index (χ3v) is 5.23. The highest BCUT2D eigenvalue weighted by Crippen LogP contribution is 2.11. The molecule has 0 saturated carbocycles. The molecule has 0 aromatic heterocycles. The number of β-amino-alcohol motifs (C(OH)–C–C–N with tert-alkyl or cyclic N) is 2. The van der Waals surface area contributed by atoms with Crippen LogP contribution in [0.5, 0.6) is 0 Å². The summed E-state index contributed by atoms with van der Waals surface area (Å²) in [6.45, 7) is 8.86. The second-order valence-electron chi connectivity index (χ2n) is 7.93. The first-order valence-electron chi connectivity index (χ1n) is 11.1. The van der Waals surface area contributed by atoms with Crippen LogP contribution < -0.4 is 5.32 Å². The minimum atomic E-state index is -0.584. The van der Waals surface area contributed by atoms with Crippen molar-refractivity contribution in [3.8, 4) is 0 Å². The molecule has 1 amide bonds. The fraction of sp³-hybridized carbons (Fsp3) is 0.708. The van der Waals surface area contributed by atoms with E-state index >= 15 is 0 Å². The molecule has 0 bridgehead atoms. The zero-order valence-corrected chi connectivity index (χ0v) is 19.5. The maximum atomic E-state index is 12.0. The molecule has 2 saturated heterocycles. The largest absolute Gasteiger partial charge is 0.445 e. The van der Waals surface area contributed by atoms with Crippen LogP contribution >= 0.6 is 0 Å². The Hall–Kier alpha value is -1.75. The van der Waals surface area contributed by atoms with E-state index in [0.717, 1.165) is 25.8 Å². The van der Waals surface area contributed by atoms with Crippen molar-refractivity contribution in [1.29, 1.82) is 0 Å². The summed E-state index contributed by atoms with van der Waals surface area (Å²) < 4.78 is 15.9. The molecule has 0 unspecified atom stereocenters. The van der Waals surface area contributed by atoms with Gasteiger partial charge < -0.3 is 39.7 Å². The second-order valence-corrected chi connectivity index (χ2v) is 7.93. The Morgan fingerprint density at radius 3 is 2.33 bits per heavy atom. The van der Waals surface area contributed by atoms with Gasteiger partial charge in [-0.3, -0.25) is 0 Å². The topological polar surface area (TPSA) is 121 Å². The molecule has 4 atom stereocenters. The van der Waals surface area contributed by atoms with Crippen LogP contribution in [0.15, 0.2) is 30.3 Å². The summed E-state index contributed by atoms with van der Waals surface area (Å²) in [5.74, 6) is 0.271. The summed E-state index contributed by atoms with van der Waals surface area (Å²) >= 11 is 0. The van der Waals surface area contributed by atoms with Gasteiger partial charge in [-0.15, -0.1) is 0 Å². The van der Waals surface area contributed by atoms with Gasteiger partial charge in [0, 0.05) is 38.6 Å². The Balaban J connectivity index is 0.000000666. The smallest absolute Gasteiger partial charge is 0.410 e. The summed E-state index contributed by atoms with van der Waals surface area (Å²) in [6.07, 6.45) is -1.24. The summed E-state index contributed by atoms with van der Waals surface area (Å²) in [4.78, 5) is 13.5. The lowest BCUT2D eigenvalue weighted by Gasteiger charge is -2.30. The predicted molar refractivity (Wildman–Crippen MR) is 128 cm³/mol. The molecule has 33 heavy (non-hydrogen) atoms. The van der Waals surface area contributed by atoms with E-state index in [0.29, 0.717) is 32.9 Å². The number of nitrogens with zero attached hydrogens (tertiary/aromatic N) is 1. The van der Waals surface area contributed by atoms with Crippen LogP contribution in [0.4, 0.5) is 4.79 Å². The van der Waals surface area contributed by atoms with Gasteiger partial charge in [0.25, 0.3) is 0 Å². The van der Waals surface area contributed by atoms with E-state index in [2.05, 4.69) is 5.32 Å². The van der Waals surface area contributed by atoms with Gasteiger partial charge in [0.1, 0.15) is 6.61 Å². The molecule has 2 heterocycles. The molecular weight excluding hydrogens is 428 g/mol. The van der Waals surface area contributed by atoms with E-state index in [4.69, 9.17) is 19.3 Å². The van der Waals surface area contributed by atoms with E-state index in [1.54, 1.807) is 0 Å². The molecule has 0 radical (unpaired) electrons. The third kappa shape index (κ3) is 12.9. The maximum Gasteiger partial charge on any atom is 0.410 e. The number of benzene rings is 1. The van der Waals surface area contributed by atoms with Gasteiger partial charge in [-0.05, 0) is 5.56 Å². The normalized spacial score (nSPS) is 25.7. The monoisotopic (exact) mass is 472 g/mol. The van der Waals surface area contributed by atoms with Crippen molar-refractivity contribution >= 4 is 6.09 Å². The number of ether oxygens (including phenoxy) is 3. The zero-order chi connectivity index (χ0) is 23.8. The number of nitrogens with one attached hydrogen (secondary N) is 1. The summed E-state index contributed by atoms with van der Waals surface area (Å²) in [5, 5.41) is 29.4. The van der Waals surface area contributed by atoms with Crippen LogP contribution in [0.2, 0.25) is 0 Å². The first-order valence-corrected chi connectivity index (χ1v) is 11.1. The average Bonchev–Trinajstić information content (AvgIpc) is 2.81. The van der Waals surface area contributed by atoms with Gasteiger partial charge in [-0.2, -0.15) is 0 Å². The van der Waals surface area contributed by atoms with E-state index in [-0.39, 0.29) is 38.5 Å². The molecule has 192 valence electrons. The van der Waals surface area contributed by atoms with Gasteiger partial charge >= 0.3 is 6.09 Å². The highest BCUT2D eigenvalue weighted by atomic mass is 16.6. The Bertz CT molecular complexity index is 594. The minimum absolute atomic E-state index is 0. The fourth-order valence-electron chi connectivity index (χ4n) is 3.00. The lowest BCUT2D eigenvalue weighted by atomic mass is 10.1. The average molecular weight is 473 g/mol. The molecule has 9 heteroatoms. The lowest BCUT2D eigenvalue weighted by Crippen LogP contribution is -2.44. The molecule has 2 aliphatic rings. The molecule has 1 aromatic carbocycles. The minimum Gasteiger partial charge on any atom is -0.445 e. The van der Waals surface area contributed by atoms with Crippen LogP contribution in [0, 0.1) is 11.8 Å². The molecule has 2 fully saturated rings. The van der Waals surface area contributed by atoms with Crippen molar-refractivity contribution in [3.63, 3.8) is 0 Å². The maximum absolute atomic E-state index is 12.0. The van der Waals surface area contributed by atoms with Crippen LogP contribution in [-0.2, 0) is 20.8 Å². The van der Waals surface area contributed by atoms with Gasteiger partial charge in [0.15, 0.2) is 0 Å². The molecular formula is C24H44N2O7. The van der Waals surface area contributed by atoms with Crippen molar-refractivity contribution in [2.45, 2.75) is 40.1 Å². The summed E-state index contributed by atoms with van der Waals surface area (Å²) in [5.41, 5.74) is 0.943. The van der Waals surface area contributed by atoms with Crippen LogP contribution in [0.1, 0.15) is 26.8 Å². The first kappa shape index (κ1) is 31.2. The van der Waals surface area contributed by atoms with E-state index < -0.39 is 12.2 Å². The van der Waals surface area contributed by atoms with E-state index in [1.807, 2.05) is 44.2 Å². The fourth-order valence-corrected chi connectivity index (χ4v) is 3.00. The number of aliphatic hydroxyl groups is 3. The van der Waals surface area contributed by atoms with Gasteiger partial charge in [-0.25, -0.2) is 4.79 Å². The van der Waals surface area contributed by atoms with Crippen molar-refractivity contribution < 1.29 is 34.3 Å². The van der Waals surface area contributed by atoms with Gasteiger partial charge in [0.05, 0.1) is 45.2 Å². The molecule has 9 nitrogen and oxygen atoms in total. The number of amides is 1. The number of carbonyl (C=O) groups is 1. The highest BCUT2D eigenvalue weighted by molar-refractivity contribution is 5.67. The Morgan fingerprint density at radius 2 is 1.67 bits per heavy atom.